The Bertz CT molecular complexity index is 862. The fraction of sp³-hybridized carbons (Fsp3) is 0. The van der Waals surface area contributed by atoms with Crippen LogP contribution >= 0.6 is 11.3 Å². The molecule has 0 saturated carbocycles. The predicted octanol–water partition coefficient (Wildman–Crippen LogP) is 4.92. The quantitative estimate of drug-likeness (QED) is 0.473. The number of rotatable bonds is 1. The van der Waals surface area contributed by atoms with Gasteiger partial charge in [0.2, 0.25) is 0 Å². The first-order valence-corrected chi connectivity index (χ1v) is 6.98. The van der Waals surface area contributed by atoms with E-state index in [1.165, 1.54) is 20.2 Å². The number of fused-ring (bicyclic) bond motifs is 3. The molecule has 89 valence electrons. The van der Waals surface area contributed by atoms with Crippen molar-refractivity contribution in [1.82, 2.24) is 4.98 Å². The molecule has 0 aliphatic carbocycles. The Labute approximate surface area is 115 Å². The number of nitrogens with zero attached hydrogens (tertiary/aromatic N) is 1. The van der Waals surface area contributed by atoms with E-state index in [1.54, 1.807) is 0 Å². The second-order valence-corrected chi connectivity index (χ2v) is 5.51. The third-order valence-corrected chi connectivity index (χ3v) is 4.39. The molecule has 0 bridgehead atoms. The minimum Gasteiger partial charge on any atom is -0.256 e. The molecule has 0 saturated heterocycles. The molecule has 0 N–H and O–H groups in total. The second-order valence-electron chi connectivity index (χ2n) is 4.42. The first-order chi connectivity index (χ1) is 9.43. The molecule has 0 unspecified atom stereocenters. The van der Waals surface area contributed by atoms with Crippen LogP contribution in [0.3, 0.4) is 0 Å². The minimum atomic E-state index is 1.01. The van der Waals surface area contributed by atoms with Crippen LogP contribution in [0.2, 0.25) is 0 Å². The van der Waals surface area contributed by atoms with Crippen molar-refractivity contribution in [2.75, 3.05) is 0 Å². The lowest BCUT2D eigenvalue weighted by atomic mass is 10.0. The van der Waals surface area contributed by atoms with Crippen molar-refractivity contribution < 1.29 is 0 Å². The molecule has 4 rings (SSSR count). The third-order valence-electron chi connectivity index (χ3n) is 3.27. The number of hydrogen-bond acceptors (Lipinski definition) is 2. The predicted molar refractivity (Wildman–Crippen MR) is 81.4 cm³/mol. The van der Waals surface area contributed by atoms with Crippen molar-refractivity contribution in [2.45, 2.75) is 0 Å². The van der Waals surface area contributed by atoms with Crippen molar-refractivity contribution in [1.29, 1.82) is 0 Å². The maximum Gasteiger partial charge on any atom is 0.0708 e. The van der Waals surface area contributed by atoms with Gasteiger partial charge in [0.15, 0.2) is 0 Å². The summed E-state index contributed by atoms with van der Waals surface area (Å²) in [6, 6.07) is 21.9. The van der Waals surface area contributed by atoms with Crippen LogP contribution in [0.15, 0.2) is 60.8 Å². The SMILES string of the molecule is [c]1cc(-c2ccccn2)c2c(c1)sc1ccccc12. The number of pyridine rings is 1. The van der Waals surface area contributed by atoms with E-state index in [4.69, 9.17) is 0 Å². The largest absolute Gasteiger partial charge is 0.256 e. The van der Waals surface area contributed by atoms with E-state index in [0.717, 1.165) is 11.3 Å². The average Bonchev–Trinajstić information content (AvgIpc) is 2.86. The van der Waals surface area contributed by atoms with Crippen LogP contribution in [-0.2, 0) is 0 Å². The van der Waals surface area contributed by atoms with Crippen LogP contribution in [-0.4, -0.2) is 4.98 Å². The molecule has 1 nitrogen and oxygen atoms in total. The number of benzene rings is 2. The van der Waals surface area contributed by atoms with Crippen molar-refractivity contribution in [3.63, 3.8) is 0 Å². The summed E-state index contributed by atoms with van der Waals surface area (Å²) in [5, 5.41) is 2.59. The van der Waals surface area contributed by atoms with E-state index in [0.29, 0.717) is 0 Å². The van der Waals surface area contributed by atoms with Gasteiger partial charge in [0.1, 0.15) is 0 Å². The van der Waals surface area contributed by atoms with Crippen molar-refractivity contribution >= 4 is 31.5 Å². The molecule has 2 aromatic carbocycles. The van der Waals surface area contributed by atoms with E-state index in [2.05, 4.69) is 47.4 Å². The Morgan fingerprint density at radius 3 is 2.68 bits per heavy atom. The van der Waals surface area contributed by atoms with Crippen LogP contribution in [0, 0.1) is 6.07 Å². The van der Waals surface area contributed by atoms with Gasteiger partial charge in [-0.1, -0.05) is 24.3 Å². The highest BCUT2D eigenvalue weighted by molar-refractivity contribution is 7.25. The Morgan fingerprint density at radius 2 is 1.79 bits per heavy atom. The van der Waals surface area contributed by atoms with Crippen LogP contribution in [0.1, 0.15) is 0 Å². The molecule has 0 aliphatic heterocycles. The van der Waals surface area contributed by atoms with Gasteiger partial charge in [-0.15, -0.1) is 11.3 Å². The summed E-state index contributed by atoms with van der Waals surface area (Å²) in [6.07, 6.45) is 1.84. The maximum atomic E-state index is 4.47. The van der Waals surface area contributed by atoms with Crippen LogP contribution in [0.4, 0.5) is 0 Å². The van der Waals surface area contributed by atoms with E-state index in [-0.39, 0.29) is 0 Å². The lowest BCUT2D eigenvalue weighted by molar-refractivity contribution is 1.33. The molecule has 0 aliphatic rings. The zero-order valence-electron chi connectivity index (χ0n) is 10.1. The highest BCUT2D eigenvalue weighted by Crippen LogP contribution is 2.38. The minimum absolute atomic E-state index is 1.01. The van der Waals surface area contributed by atoms with Gasteiger partial charge in [0.05, 0.1) is 5.69 Å². The molecule has 0 atom stereocenters. The topological polar surface area (TPSA) is 12.9 Å². The van der Waals surface area contributed by atoms with E-state index in [1.807, 2.05) is 35.7 Å². The molecule has 2 aromatic heterocycles. The van der Waals surface area contributed by atoms with E-state index >= 15 is 0 Å². The monoisotopic (exact) mass is 260 g/mol. The summed E-state index contributed by atoms with van der Waals surface area (Å²) in [4.78, 5) is 4.47. The van der Waals surface area contributed by atoms with Crippen molar-refractivity contribution in [2.24, 2.45) is 0 Å². The van der Waals surface area contributed by atoms with Gasteiger partial charge in [0, 0.05) is 31.9 Å². The van der Waals surface area contributed by atoms with Gasteiger partial charge in [0.25, 0.3) is 0 Å². The second kappa shape index (κ2) is 4.18. The summed E-state index contributed by atoms with van der Waals surface area (Å²) >= 11 is 1.81. The lowest BCUT2D eigenvalue weighted by Gasteiger charge is -2.02. The number of hydrogen-bond donors (Lipinski definition) is 0. The van der Waals surface area contributed by atoms with Crippen molar-refractivity contribution in [3.05, 3.63) is 66.9 Å². The lowest BCUT2D eigenvalue weighted by Crippen LogP contribution is -1.82. The van der Waals surface area contributed by atoms with E-state index in [9.17, 15) is 0 Å². The molecule has 0 spiro atoms. The van der Waals surface area contributed by atoms with Crippen LogP contribution < -0.4 is 0 Å². The van der Waals surface area contributed by atoms with Crippen LogP contribution in [0.25, 0.3) is 31.4 Å². The summed E-state index contributed by atoms with van der Waals surface area (Å²) in [5.74, 6) is 0. The summed E-state index contributed by atoms with van der Waals surface area (Å²) in [7, 11) is 0. The summed E-state index contributed by atoms with van der Waals surface area (Å²) in [5.41, 5.74) is 2.17. The maximum absolute atomic E-state index is 4.47. The number of thiophene rings is 1. The number of aromatic nitrogens is 1. The van der Waals surface area contributed by atoms with Gasteiger partial charge in [-0.05, 0) is 36.4 Å². The Morgan fingerprint density at radius 1 is 0.895 bits per heavy atom. The molecule has 0 fully saturated rings. The molecule has 2 heteroatoms. The molecule has 2 heterocycles. The molecule has 4 aromatic rings. The first-order valence-electron chi connectivity index (χ1n) is 6.16. The summed E-state index contributed by atoms with van der Waals surface area (Å²) in [6.45, 7) is 0. The fourth-order valence-corrected chi connectivity index (χ4v) is 3.55. The van der Waals surface area contributed by atoms with Gasteiger partial charge >= 0.3 is 0 Å². The van der Waals surface area contributed by atoms with Gasteiger partial charge in [-0.3, -0.25) is 4.98 Å². The van der Waals surface area contributed by atoms with Gasteiger partial charge in [-0.25, -0.2) is 0 Å². The molecular formula is C17H10NS. The standard InChI is InChI=1S/C17H10NS/c1-2-9-15-13(6-1)17-12(7-5-10-16(17)19-15)14-8-3-4-11-18-14/h1-4,6-11H. The zero-order valence-corrected chi connectivity index (χ0v) is 10.9. The average molecular weight is 260 g/mol. The van der Waals surface area contributed by atoms with Crippen molar-refractivity contribution in [3.8, 4) is 11.3 Å². The Balaban J connectivity index is 2.17. The molecule has 19 heavy (non-hydrogen) atoms. The van der Waals surface area contributed by atoms with E-state index < -0.39 is 0 Å². The smallest absolute Gasteiger partial charge is 0.0708 e. The first kappa shape index (κ1) is 10.7. The summed E-state index contributed by atoms with van der Waals surface area (Å²) < 4.78 is 2.58. The molecule has 1 radical (unpaired) electrons. The molecular weight excluding hydrogens is 250 g/mol. The normalized spacial score (nSPS) is 11.2. The Kier molecular flexibility index (Phi) is 2.35. The fourth-order valence-electron chi connectivity index (χ4n) is 2.44. The Hall–Kier alpha value is -2.19. The van der Waals surface area contributed by atoms with Gasteiger partial charge in [-0.2, -0.15) is 0 Å². The van der Waals surface area contributed by atoms with Crippen LogP contribution in [0.5, 0.6) is 0 Å². The zero-order chi connectivity index (χ0) is 12.7. The van der Waals surface area contributed by atoms with Gasteiger partial charge < -0.3 is 0 Å². The third kappa shape index (κ3) is 1.65. The molecule has 0 amide bonds. The highest BCUT2D eigenvalue weighted by Gasteiger charge is 2.10. The highest BCUT2D eigenvalue weighted by atomic mass is 32.1.